The van der Waals surface area contributed by atoms with Crippen LogP contribution in [0.15, 0.2) is 154 Å². The highest BCUT2D eigenvalue weighted by Gasteiger charge is 2.20. The molecule has 0 saturated carbocycles. The smallest absolute Gasteiger partial charge is 0.136 e. The summed E-state index contributed by atoms with van der Waals surface area (Å²) < 4.78 is 15.4. The zero-order valence-corrected chi connectivity index (χ0v) is 25.9. The van der Waals surface area contributed by atoms with Crippen molar-refractivity contribution in [2.45, 2.75) is 0 Å². The molecule has 3 heteroatoms. The van der Waals surface area contributed by atoms with Crippen molar-refractivity contribution in [3.63, 3.8) is 0 Å². The number of hydrogen-bond donors (Lipinski definition) is 0. The Bertz CT molecular complexity index is 3020. The zero-order chi connectivity index (χ0) is 30.6. The molecule has 218 valence electrons. The van der Waals surface area contributed by atoms with Crippen LogP contribution in [-0.2, 0) is 0 Å². The molecule has 3 heterocycles. The highest BCUT2D eigenvalue weighted by atomic mass is 32.1. The van der Waals surface area contributed by atoms with Crippen molar-refractivity contribution in [3.8, 4) is 22.3 Å². The van der Waals surface area contributed by atoms with E-state index in [1.54, 1.807) is 0 Å². The van der Waals surface area contributed by atoms with Crippen molar-refractivity contribution in [2.24, 2.45) is 0 Å². The molecule has 0 aliphatic heterocycles. The average Bonchev–Trinajstić information content (AvgIpc) is 3.80. The van der Waals surface area contributed by atoms with Crippen LogP contribution < -0.4 is 0 Å². The van der Waals surface area contributed by atoms with Gasteiger partial charge in [-0.25, -0.2) is 0 Å². The number of fused-ring (bicyclic) bond motifs is 12. The first kappa shape index (κ1) is 25.3. The van der Waals surface area contributed by atoms with Gasteiger partial charge in [-0.3, -0.25) is 0 Å². The Hall–Kier alpha value is -5.90. The number of rotatable bonds is 2. The topological polar surface area (TPSA) is 26.3 Å². The van der Waals surface area contributed by atoms with Gasteiger partial charge >= 0.3 is 0 Å². The monoisotopic (exact) mass is 616 g/mol. The first-order valence-electron chi connectivity index (χ1n) is 15.9. The fraction of sp³-hybridized carbons (Fsp3) is 0. The van der Waals surface area contributed by atoms with Gasteiger partial charge in [-0.2, -0.15) is 0 Å². The molecule has 0 aliphatic rings. The third kappa shape index (κ3) is 3.49. The zero-order valence-electron chi connectivity index (χ0n) is 25.1. The van der Waals surface area contributed by atoms with Gasteiger partial charge < -0.3 is 8.83 Å². The summed E-state index contributed by atoms with van der Waals surface area (Å²) in [5.74, 6) is 0. The van der Waals surface area contributed by atoms with Crippen LogP contribution in [0.1, 0.15) is 0 Å². The summed E-state index contributed by atoms with van der Waals surface area (Å²) in [6, 6.07) is 52.3. The Balaban J connectivity index is 1.19. The number of para-hydroxylation sites is 1. The molecule has 3 aromatic heterocycles. The molecule has 2 nitrogen and oxygen atoms in total. The van der Waals surface area contributed by atoms with E-state index in [0.29, 0.717) is 0 Å². The van der Waals surface area contributed by atoms with E-state index >= 15 is 0 Å². The fourth-order valence-electron chi connectivity index (χ4n) is 7.87. The molecule has 0 N–H and O–H groups in total. The Labute approximate surface area is 272 Å². The van der Waals surface area contributed by atoms with Crippen LogP contribution in [0.25, 0.3) is 108 Å². The van der Waals surface area contributed by atoms with Gasteiger partial charge in [-0.05, 0) is 92.3 Å². The number of thiophene rings is 1. The number of hydrogen-bond acceptors (Lipinski definition) is 3. The van der Waals surface area contributed by atoms with Gasteiger partial charge in [0.1, 0.15) is 22.3 Å². The van der Waals surface area contributed by atoms with Gasteiger partial charge in [0, 0.05) is 41.7 Å². The molecule has 0 radical (unpaired) electrons. The van der Waals surface area contributed by atoms with Crippen LogP contribution in [0.2, 0.25) is 0 Å². The van der Waals surface area contributed by atoms with Crippen LogP contribution >= 0.6 is 11.3 Å². The van der Waals surface area contributed by atoms with Gasteiger partial charge in [0.15, 0.2) is 0 Å². The maximum atomic E-state index is 6.62. The second-order valence-corrected chi connectivity index (χ2v) is 13.5. The Morgan fingerprint density at radius 3 is 1.62 bits per heavy atom. The van der Waals surface area contributed by atoms with Crippen LogP contribution in [0.3, 0.4) is 0 Å². The van der Waals surface area contributed by atoms with Gasteiger partial charge in [-0.15, -0.1) is 11.3 Å². The Morgan fingerprint density at radius 2 is 0.872 bits per heavy atom. The molecular formula is C44H24O2S. The maximum absolute atomic E-state index is 6.62. The summed E-state index contributed by atoms with van der Waals surface area (Å²) in [7, 11) is 0. The van der Waals surface area contributed by atoms with E-state index in [0.717, 1.165) is 44.1 Å². The molecule has 11 rings (SSSR count). The van der Waals surface area contributed by atoms with Crippen molar-refractivity contribution < 1.29 is 8.83 Å². The van der Waals surface area contributed by atoms with Crippen molar-refractivity contribution >= 4 is 96.9 Å². The minimum atomic E-state index is 0.909. The van der Waals surface area contributed by atoms with E-state index in [2.05, 4.69) is 133 Å². The molecule has 47 heavy (non-hydrogen) atoms. The summed E-state index contributed by atoms with van der Waals surface area (Å²) in [6.45, 7) is 0. The highest BCUT2D eigenvalue weighted by molar-refractivity contribution is 7.26. The van der Waals surface area contributed by atoms with E-state index in [9.17, 15) is 0 Å². The standard InChI is InChI=1S/C44H24O2S/c1-3-12-30-28(10-1)41(25-18-20-36-34(23-25)27-9-5-7-15-35(27)45-36)29-11-2-4-13-31(29)42(30)26-17-19-32-38(24-26)46-37-21-22-40-44(43(32)37)33-14-6-8-16-39(33)47-40/h1-24H. The molecular weight excluding hydrogens is 593 g/mol. The minimum Gasteiger partial charge on any atom is -0.456 e. The Morgan fingerprint density at radius 1 is 0.319 bits per heavy atom. The van der Waals surface area contributed by atoms with Crippen LogP contribution in [0, 0.1) is 0 Å². The molecule has 0 atom stereocenters. The van der Waals surface area contributed by atoms with Crippen LogP contribution in [0.5, 0.6) is 0 Å². The summed E-state index contributed by atoms with van der Waals surface area (Å²) in [6.07, 6.45) is 0. The second kappa shape index (κ2) is 9.32. The SMILES string of the molecule is c1ccc2c(c1)oc1ccc(-c3c4ccccc4c(-c4ccc5c(c4)oc4ccc6sc7ccccc7c6c45)c4ccccc34)cc12. The third-order valence-corrected chi connectivity index (χ3v) is 11.0. The number of furan rings is 2. The molecule has 0 bridgehead atoms. The summed E-state index contributed by atoms with van der Waals surface area (Å²) >= 11 is 1.85. The quantitative estimate of drug-likeness (QED) is 0.181. The average molecular weight is 617 g/mol. The fourth-order valence-corrected chi connectivity index (χ4v) is 8.98. The number of benzene rings is 8. The molecule has 0 spiro atoms. The van der Waals surface area contributed by atoms with Crippen molar-refractivity contribution in [1.82, 2.24) is 0 Å². The Kier molecular flexibility index (Phi) is 5.02. The first-order chi connectivity index (χ1) is 23.3. The molecule has 0 amide bonds. The first-order valence-corrected chi connectivity index (χ1v) is 16.7. The second-order valence-electron chi connectivity index (χ2n) is 12.4. The summed E-state index contributed by atoms with van der Waals surface area (Å²) in [5.41, 5.74) is 8.47. The van der Waals surface area contributed by atoms with Crippen molar-refractivity contribution in [1.29, 1.82) is 0 Å². The lowest BCUT2D eigenvalue weighted by molar-refractivity contribution is 0.669. The maximum Gasteiger partial charge on any atom is 0.136 e. The lowest BCUT2D eigenvalue weighted by atomic mass is 9.85. The van der Waals surface area contributed by atoms with E-state index in [1.807, 2.05) is 23.5 Å². The summed E-state index contributed by atoms with van der Waals surface area (Å²) in [5, 5.41) is 12.1. The predicted octanol–water partition coefficient (Wildman–Crippen LogP) is 13.5. The molecule has 0 aliphatic carbocycles. The van der Waals surface area contributed by atoms with E-state index < -0.39 is 0 Å². The normalized spacial score (nSPS) is 12.3. The molecule has 0 unspecified atom stereocenters. The highest BCUT2D eigenvalue weighted by Crippen LogP contribution is 2.47. The van der Waals surface area contributed by atoms with Crippen LogP contribution in [-0.4, -0.2) is 0 Å². The lowest BCUT2D eigenvalue weighted by Gasteiger charge is -2.17. The van der Waals surface area contributed by atoms with E-state index in [1.165, 1.54) is 63.8 Å². The van der Waals surface area contributed by atoms with Gasteiger partial charge in [-0.1, -0.05) is 97.1 Å². The van der Waals surface area contributed by atoms with E-state index in [-0.39, 0.29) is 0 Å². The molecule has 0 saturated heterocycles. The largest absolute Gasteiger partial charge is 0.456 e. The lowest BCUT2D eigenvalue weighted by Crippen LogP contribution is -1.90. The van der Waals surface area contributed by atoms with Crippen LogP contribution in [0.4, 0.5) is 0 Å². The summed E-state index contributed by atoms with van der Waals surface area (Å²) in [4.78, 5) is 0. The van der Waals surface area contributed by atoms with Crippen molar-refractivity contribution in [3.05, 3.63) is 146 Å². The van der Waals surface area contributed by atoms with Crippen molar-refractivity contribution in [2.75, 3.05) is 0 Å². The van der Waals surface area contributed by atoms with Gasteiger partial charge in [0.05, 0.1) is 0 Å². The molecule has 8 aromatic carbocycles. The molecule has 0 fully saturated rings. The minimum absolute atomic E-state index is 0.909. The van der Waals surface area contributed by atoms with E-state index in [4.69, 9.17) is 8.83 Å². The van der Waals surface area contributed by atoms with Gasteiger partial charge in [0.2, 0.25) is 0 Å². The predicted molar refractivity (Wildman–Crippen MR) is 200 cm³/mol. The third-order valence-electron chi connectivity index (χ3n) is 9.86. The molecule has 11 aromatic rings. The van der Waals surface area contributed by atoms with Gasteiger partial charge in [0.25, 0.3) is 0 Å².